The van der Waals surface area contributed by atoms with Gasteiger partial charge in [0.15, 0.2) is 6.10 Å². The summed E-state index contributed by atoms with van der Waals surface area (Å²) < 4.78 is 4.39. The Morgan fingerprint density at radius 3 is 2.73 bits per heavy atom. The summed E-state index contributed by atoms with van der Waals surface area (Å²) in [6.07, 6.45) is -0.797. The molecule has 0 heterocycles. The molecule has 0 aromatic heterocycles. The Hall–Kier alpha value is -1.55. The van der Waals surface area contributed by atoms with Gasteiger partial charge in [0.1, 0.15) is 5.75 Å². The molecular formula is C11H14O4. The van der Waals surface area contributed by atoms with Gasteiger partial charge >= 0.3 is 5.97 Å². The van der Waals surface area contributed by atoms with Gasteiger partial charge in [-0.05, 0) is 12.0 Å². The Labute approximate surface area is 88.1 Å². The van der Waals surface area contributed by atoms with Crippen LogP contribution in [0, 0.1) is 0 Å². The highest BCUT2D eigenvalue weighted by molar-refractivity contribution is 5.77. The van der Waals surface area contributed by atoms with Crippen LogP contribution < -0.4 is 0 Å². The van der Waals surface area contributed by atoms with Crippen molar-refractivity contribution < 1.29 is 19.7 Å². The number of carbonyl (C=O) groups excluding carboxylic acids is 1. The van der Waals surface area contributed by atoms with Crippen LogP contribution in [0.3, 0.4) is 0 Å². The predicted molar refractivity (Wildman–Crippen MR) is 54.5 cm³/mol. The number of aliphatic hydroxyl groups excluding tert-OH is 1. The highest BCUT2D eigenvalue weighted by Crippen LogP contribution is 2.28. The molecule has 2 N–H and O–H groups in total. The number of ether oxygens (including phenoxy) is 1. The van der Waals surface area contributed by atoms with E-state index in [9.17, 15) is 15.0 Å². The average molecular weight is 210 g/mol. The molecule has 0 radical (unpaired) electrons. The standard InChI is InChI=1S/C11H14O4/c1-3-7-5-4-6-8(9(7)12)10(13)11(14)15-2/h4-6,10,12-13H,3H2,1-2H3. The van der Waals surface area contributed by atoms with Crippen molar-refractivity contribution in [3.63, 3.8) is 0 Å². The fourth-order valence-electron chi connectivity index (χ4n) is 1.36. The van der Waals surface area contributed by atoms with Crippen LogP contribution in [-0.2, 0) is 16.0 Å². The van der Waals surface area contributed by atoms with Gasteiger partial charge in [0.2, 0.25) is 0 Å². The van der Waals surface area contributed by atoms with Gasteiger partial charge in [-0.2, -0.15) is 0 Å². The van der Waals surface area contributed by atoms with Crippen LogP contribution in [0.25, 0.3) is 0 Å². The summed E-state index contributed by atoms with van der Waals surface area (Å²) in [6.45, 7) is 1.88. The van der Waals surface area contributed by atoms with Crippen molar-refractivity contribution in [3.05, 3.63) is 29.3 Å². The highest BCUT2D eigenvalue weighted by Gasteiger charge is 2.21. The molecule has 1 unspecified atom stereocenters. The Kier molecular flexibility index (Phi) is 3.68. The molecule has 15 heavy (non-hydrogen) atoms. The number of aliphatic hydroxyl groups is 1. The van der Waals surface area contributed by atoms with Crippen LogP contribution in [0.4, 0.5) is 0 Å². The van der Waals surface area contributed by atoms with E-state index in [1.54, 1.807) is 12.1 Å². The molecule has 0 fully saturated rings. The minimum atomic E-state index is -1.43. The van der Waals surface area contributed by atoms with E-state index in [0.717, 1.165) is 0 Å². The second kappa shape index (κ2) is 4.79. The van der Waals surface area contributed by atoms with Crippen molar-refractivity contribution >= 4 is 5.97 Å². The lowest BCUT2D eigenvalue weighted by Crippen LogP contribution is -2.13. The zero-order valence-corrected chi connectivity index (χ0v) is 8.73. The van der Waals surface area contributed by atoms with Crippen LogP contribution in [0.15, 0.2) is 18.2 Å². The number of rotatable bonds is 3. The molecule has 1 atom stereocenters. The Bertz CT molecular complexity index is 360. The lowest BCUT2D eigenvalue weighted by Gasteiger charge is -2.12. The van der Waals surface area contributed by atoms with Crippen molar-refractivity contribution in [1.82, 2.24) is 0 Å². The molecule has 0 aliphatic carbocycles. The molecule has 4 nitrogen and oxygen atoms in total. The maximum atomic E-state index is 11.1. The molecule has 0 amide bonds. The quantitative estimate of drug-likeness (QED) is 0.735. The minimum absolute atomic E-state index is 0.0436. The fourth-order valence-corrected chi connectivity index (χ4v) is 1.36. The number of para-hydroxylation sites is 1. The summed E-state index contributed by atoms with van der Waals surface area (Å²) >= 11 is 0. The third kappa shape index (κ3) is 2.27. The normalized spacial score (nSPS) is 12.2. The van der Waals surface area contributed by atoms with E-state index in [0.29, 0.717) is 12.0 Å². The number of carbonyl (C=O) groups is 1. The molecule has 0 saturated heterocycles. The summed E-state index contributed by atoms with van der Waals surface area (Å²) in [5.41, 5.74) is 0.872. The van der Waals surface area contributed by atoms with Crippen molar-refractivity contribution in [1.29, 1.82) is 0 Å². The summed E-state index contributed by atoms with van der Waals surface area (Å²) in [5.74, 6) is -0.823. The first-order valence-electron chi connectivity index (χ1n) is 4.68. The summed E-state index contributed by atoms with van der Waals surface area (Å²) in [6, 6.07) is 4.92. The molecule has 4 heteroatoms. The molecular weight excluding hydrogens is 196 g/mol. The molecule has 0 bridgehead atoms. The first-order valence-corrected chi connectivity index (χ1v) is 4.68. The van der Waals surface area contributed by atoms with Gasteiger partial charge in [0.05, 0.1) is 7.11 Å². The van der Waals surface area contributed by atoms with Crippen LogP contribution in [-0.4, -0.2) is 23.3 Å². The predicted octanol–water partition coefficient (Wildman–Crippen LogP) is 1.16. The van der Waals surface area contributed by atoms with Crippen LogP contribution in [0.5, 0.6) is 5.75 Å². The van der Waals surface area contributed by atoms with Gasteiger partial charge in [-0.1, -0.05) is 25.1 Å². The molecule has 82 valence electrons. The number of hydrogen-bond donors (Lipinski definition) is 2. The van der Waals surface area contributed by atoms with E-state index in [1.807, 2.05) is 6.92 Å². The largest absolute Gasteiger partial charge is 0.507 e. The summed E-state index contributed by atoms with van der Waals surface area (Å²) in [5, 5.41) is 19.3. The van der Waals surface area contributed by atoms with Gasteiger partial charge in [-0.3, -0.25) is 0 Å². The summed E-state index contributed by atoms with van der Waals surface area (Å²) in [7, 11) is 1.19. The van der Waals surface area contributed by atoms with E-state index >= 15 is 0 Å². The maximum absolute atomic E-state index is 11.1. The molecule has 1 rings (SSSR count). The molecule has 0 aliphatic rings. The van der Waals surface area contributed by atoms with Crippen LogP contribution in [0.1, 0.15) is 24.2 Å². The molecule has 1 aromatic rings. The maximum Gasteiger partial charge on any atom is 0.339 e. The number of methoxy groups -OCH3 is 1. The lowest BCUT2D eigenvalue weighted by molar-refractivity contribution is -0.150. The monoisotopic (exact) mass is 210 g/mol. The van der Waals surface area contributed by atoms with E-state index < -0.39 is 12.1 Å². The molecule has 0 saturated carbocycles. The van der Waals surface area contributed by atoms with E-state index in [4.69, 9.17) is 0 Å². The number of aryl methyl sites for hydroxylation is 1. The number of aromatic hydroxyl groups is 1. The molecule has 0 aliphatic heterocycles. The van der Waals surface area contributed by atoms with Crippen molar-refractivity contribution in [3.8, 4) is 5.75 Å². The van der Waals surface area contributed by atoms with Gasteiger partial charge in [0.25, 0.3) is 0 Å². The van der Waals surface area contributed by atoms with Gasteiger partial charge in [0, 0.05) is 5.56 Å². The first-order chi connectivity index (χ1) is 7.11. The van der Waals surface area contributed by atoms with Gasteiger partial charge < -0.3 is 14.9 Å². The first kappa shape index (κ1) is 11.5. The van der Waals surface area contributed by atoms with Crippen molar-refractivity contribution in [2.75, 3.05) is 7.11 Å². The van der Waals surface area contributed by atoms with Crippen LogP contribution >= 0.6 is 0 Å². The fraction of sp³-hybridized carbons (Fsp3) is 0.364. The second-order valence-electron chi connectivity index (χ2n) is 3.13. The highest BCUT2D eigenvalue weighted by atomic mass is 16.5. The molecule has 0 spiro atoms. The zero-order valence-electron chi connectivity index (χ0n) is 8.73. The number of esters is 1. The third-order valence-electron chi connectivity index (χ3n) is 2.25. The molecule has 1 aromatic carbocycles. The Balaban J connectivity index is 3.09. The number of phenolic OH excluding ortho intramolecular Hbond substituents is 1. The van der Waals surface area contributed by atoms with Crippen molar-refractivity contribution in [2.24, 2.45) is 0 Å². The lowest BCUT2D eigenvalue weighted by atomic mass is 10.0. The SMILES string of the molecule is CCc1cccc(C(O)C(=O)OC)c1O. The number of phenols is 1. The van der Waals surface area contributed by atoms with E-state index in [1.165, 1.54) is 13.2 Å². The topological polar surface area (TPSA) is 66.8 Å². The smallest absolute Gasteiger partial charge is 0.339 e. The van der Waals surface area contributed by atoms with Gasteiger partial charge in [-0.25, -0.2) is 4.79 Å². The van der Waals surface area contributed by atoms with Crippen LogP contribution in [0.2, 0.25) is 0 Å². The Morgan fingerprint density at radius 2 is 2.20 bits per heavy atom. The second-order valence-corrected chi connectivity index (χ2v) is 3.13. The average Bonchev–Trinajstić information content (AvgIpc) is 2.27. The van der Waals surface area contributed by atoms with Gasteiger partial charge in [-0.15, -0.1) is 0 Å². The van der Waals surface area contributed by atoms with E-state index in [-0.39, 0.29) is 11.3 Å². The Morgan fingerprint density at radius 1 is 1.53 bits per heavy atom. The minimum Gasteiger partial charge on any atom is -0.507 e. The third-order valence-corrected chi connectivity index (χ3v) is 2.25. The number of benzene rings is 1. The van der Waals surface area contributed by atoms with Crippen molar-refractivity contribution in [2.45, 2.75) is 19.4 Å². The summed E-state index contributed by atoms with van der Waals surface area (Å²) in [4.78, 5) is 11.1. The zero-order chi connectivity index (χ0) is 11.4. The van der Waals surface area contributed by atoms with E-state index in [2.05, 4.69) is 4.74 Å². The number of hydrogen-bond acceptors (Lipinski definition) is 4.